The van der Waals surface area contributed by atoms with Crippen molar-refractivity contribution in [2.24, 2.45) is 0 Å². The average molecular weight is 486 g/mol. The molecule has 0 bridgehead atoms. The molecule has 2 heterocycles. The van der Waals surface area contributed by atoms with E-state index in [9.17, 15) is 9.59 Å². The number of nitrogens with zero attached hydrogens (tertiary/aromatic N) is 3. The fourth-order valence-corrected chi connectivity index (χ4v) is 6.63. The lowest BCUT2D eigenvalue weighted by atomic mass is 9.97. The fourth-order valence-electron chi connectivity index (χ4n) is 4.32. The van der Waals surface area contributed by atoms with Crippen molar-refractivity contribution in [1.82, 2.24) is 14.5 Å². The lowest BCUT2D eigenvalue weighted by molar-refractivity contribution is 0.101. The van der Waals surface area contributed by atoms with E-state index in [1.165, 1.54) is 28.6 Å². The van der Waals surface area contributed by atoms with Crippen LogP contribution in [0.1, 0.15) is 52.5 Å². The van der Waals surface area contributed by atoms with Crippen LogP contribution in [0.4, 0.5) is 0 Å². The van der Waals surface area contributed by atoms with Crippen LogP contribution in [0.15, 0.2) is 28.2 Å². The van der Waals surface area contributed by atoms with Crippen LogP contribution in [0, 0.1) is 0 Å². The minimum Gasteiger partial charge on any atom is -0.496 e. The normalized spacial score (nSPS) is 13.5. The zero-order valence-corrected chi connectivity index (χ0v) is 21.4. The van der Waals surface area contributed by atoms with Gasteiger partial charge in [-0.3, -0.25) is 14.2 Å². The van der Waals surface area contributed by atoms with Gasteiger partial charge in [0.1, 0.15) is 10.6 Å². The van der Waals surface area contributed by atoms with E-state index >= 15 is 0 Å². The number of carbonyl (C=O) groups is 1. The molecule has 0 saturated carbocycles. The Morgan fingerprint density at radius 1 is 1.27 bits per heavy atom. The van der Waals surface area contributed by atoms with Gasteiger partial charge in [0, 0.05) is 28.3 Å². The van der Waals surface area contributed by atoms with E-state index in [4.69, 9.17) is 9.72 Å². The Kier molecular flexibility index (Phi) is 7.56. The summed E-state index contributed by atoms with van der Waals surface area (Å²) in [6.45, 7) is 3.11. The zero-order valence-electron chi connectivity index (χ0n) is 19.8. The molecule has 0 spiro atoms. The Morgan fingerprint density at radius 3 is 2.79 bits per heavy atom. The van der Waals surface area contributed by atoms with Crippen LogP contribution in [-0.4, -0.2) is 48.0 Å². The monoisotopic (exact) mass is 485 g/mol. The van der Waals surface area contributed by atoms with Gasteiger partial charge in [-0.25, -0.2) is 4.98 Å². The largest absolute Gasteiger partial charge is 0.496 e. The summed E-state index contributed by atoms with van der Waals surface area (Å²) in [5.74, 6) is 1.33. The first-order valence-corrected chi connectivity index (χ1v) is 13.2. The zero-order chi connectivity index (χ0) is 23.5. The molecule has 0 amide bonds. The number of benzene rings is 1. The maximum atomic E-state index is 13.7. The Bertz CT molecular complexity index is 1230. The van der Waals surface area contributed by atoms with E-state index < -0.39 is 0 Å². The van der Waals surface area contributed by atoms with E-state index in [2.05, 4.69) is 4.90 Å². The second-order valence-electron chi connectivity index (χ2n) is 8.77. The molecule has 8 heteroatoms. The molecule has 0 atom stereocenters. The number of hydrogen-bond acceptors (Lipinski definition) is 7. The molecular weight excluding hydrogens is 454 g/mol. The van der Waals surface area contributed by atoms with Crippen LogP contribution in [0.2, 0.25) is 0 Å². The summed E-state index contributed by atoms with van der Waals surface area (Å²) in [6.07, 6.45) is 5.23. The number of ether oxygens (including phenoxy) is 1. The van der Waals surface area contributed by atoms with Gasteiger partial charge in [-0.15, -0.1) is 11.3 Å². The number of aryl methyl sites for hydroxylation is 2. The number of methoxy groups -OCH3 is 1. The Morgan fingerprint density at radius 2 is 2.06 bits per heavy atom. The van der Waals surface area contributed by atoms with Crippen molar-refractivity contribution < 1.29 is 9.53 Å². The molecule has 0 fully saturated rings. The highest BCUT2D eigenvalue weighted by Gasteiger charge is 2.22. The molecule has 0 aliphatic heterocycles. The average Bonchev–Trinajstić information content (AvgIpc) is 3.17. The van der Waals surface area contributed by atoms with Crippen LogP contribution in [-0.2, 0) is 25.1 Å². The minimum absolute atomic E-state index is 0.0215. The predicted octanol–water partition coefficient (Wildman–Crippen LogP) is 4.79. The second-order valence-corrected chi connectivity index (χ2v) is 10.8. The lowest BCUT2D eigenvalue weighted by Crippen LogP contribution is -2.25. The van der Waals surface area contributed by atoms with Crippen molar-refractivity contribution in [2.75, 3.05) is 27.7 Å². The number of fused-ring (bicyclic) bond motifs is 3. The van der Waals surface area contributed by atoms with Gasteiger partial charge in [0.05, 0.1) is 12.5 Å². The van der Waals surface area contributed by atoms with Crippen LogP contribution in [0.3, 0.4) is 0 Å². The van der Waals surface area contributed by atoms with E-state index in [-0.39, 0.29) is 11.3 Å². The summed E-state index contributed by atoms with van der Waals surface area (Å²) < 4.78 is 7.38. The SMILES string of the molecule is COc1ccc(C(C)=O)cc1CSc1nc2sc3c(c2c(=O)n1CCCN(C)C)CCCC3. The summed E-state index contributed by atoms with van der Waals surface area (Å²) in [5, 5.41) is 1.57. The molecule has 176 valence electrons. The topological polar surface area (TPSA) is 64.4 Å². The number of Topliss-reactive ketones (excluding diaryl/α,β-unsaturated/α-hetero) is 1. The maximum Gasteiger partial charge on any atom is 0.263 e. The summed E-state index contributed by atoms with van der Waals surface area (Å²) in [7, 11) is 5.72. The highest BCUT2D eigenvalue weighted by Crippen LogP contribution is 2.35. The summed E-state index contributed by atoms with van der Waals surface area (Å²) in [6, 6.07) is 5.50. The van der Waals surface area contributed by atoms with Crippen molar-refractivity contribution in [3.05, 3.63) is 50.1 Å². The standard InChI is InChI=1S/C25H31N3O3S2/c1-16(29)17-10-11-20(31-4)18(14-17)15-32-25-26-23-22(19-8-5-6-9-21(19)33-23)24(30)28(25)13-7-12-27(2)3/h10-11,14H,5-9,12-13,15H2,1-4H3. The van der Waals surface area contributed by atoms with Gasteiger partial charge in [0.15, 0.2) is 10.9 Å². The smallest absolute Gasteiger partial charge is 0.263 e. The molecule has 1 aromatic carbocycles. The highest BCUT2D eigenvalue weighted by molar-refractivity contribution is 7.98. The molecule has 0 N–H and O–H groups in total. The van der Waals surface area contributed by atoms with E-state index in [1.807, 2.05) is 30.8 Å². The minimum atomic E-state index is 0.0215. The van der Waals surface area contributed by atoms with Gasteiger partial charge in [-0.05, 0) is 83.4 Å². The molecule has 4 rings (SSSR count). The third-order valence-corrected chi connectivity index (χ3v) is 8.28. The van der Waals surface area contributed by atoms with Gasteiger partial charge < -0.3 is 9.64 Å². The lowest BCUT2D eigenvalue weighted by Gasteiger charge is -2.15. The maximum absolute atomic E-state index is 13.7. The van der Waals surface area contributed by atoms with Crippen LogP contribution >= 0.6 is 23.1 Å². The number of thiophene rings is 1. The number of thioether (sulfide) groups is 1. The fraction of sp³-hybridized carbons (Fsp3) is 0.480. The Labute approximate surface area is 203 Å². The molecule has 0 radical (unpaired) electrons. The molecule has 0 unspecified atom stereocenters. The Balaban J connectivity index is 1.72. The van der Waals surface area contributed by atoms with Gasteiger partial charge in [-0.1, -0.05) is 11.8 Å². The first-order valence-electron chi connectivity index (χ1n) is 11.4. The number of aromatic nitrogens is 2. The quantitative estimate of drug-likeness (QED) is 0.247. The molecule has 3 aromatic rings. The van der Waals surface area contributed by atoms with Crippen molar-refractivity contribution in [1.29, 1.82) is 0 Å². The third kappa shape index (κ3) is 5.18. The molecule has 1 aliphatic rings. The van der Waals surface area contributed by atoms with Gasteiger partial charge >= 0.3 is 0 Å². The van der Waals surface area contributed by atoms with Crippen molar-refractivity contribution in [2.45, 2.75) is 56.5 Å². The number of rotatable bonds is 9. The molecular formula is C25H31N3O3S2. The summed E-state index contributed by atoms with van der Waals surface area (Å²) >= 11 is 3.22. The first kappa shape index (κ1) is 24.0. The van der Waals surface area contributed by atoms with Gasteiger partial charge in [0.25, 0.3) is 5.56 Å². The summed E-state index contributed by atoms with van der Waals surface area (Å²) in [5.41, 5.74) is 2.90. The molecule has 0 saturated heterocycles. The van der Waals surface area contributed by atoms with Crippen LogP contribution in [0.5, 0.6) is 5.75 Å². The van der Waals surface area contributed by atoms with E-state index in [1.54, 1.807) is 31.4 Å². The molecule has 6 nitrogen and oxygen atoms in total. The van der Waals surface area contributed by atoms with Crippen LogP contribution in [0.25, 0.3) is 10.2 Å². The second kappa shape index (κ2) is 10.4. The number of hydrogen-bond donors (Lipinski definition) is 0. The molecule has 2 aromatic heterocycles. The first-order chi connectivity index (χ1) is 15.9. The van der Waals surface area contributed by atoms with Gasteiger partial charge in [-0.2, -0.15) is 0 Å². The van der Waals surface area contributed by atoms with Gasteiger partial charge in [0.2, 0.25) is 0 Å². The van der Waals surface area contributed by atoms with Crippen molar-refractivity contribution in [3.63, 3.8) is 0 Å². The van der Waals surface area contributed by atoms with Crippen molar-refractivity contribution >= 4 is 39.1 Å². The Hall–Kier alpha value is -2.16. The molecule has 1 aliphatic carbocycles. The predicted molar refractivity (Wildman–Crippen MR) is 136 cm³/mol. The summed E-state index contributed by atoms with van der Waals surface area (Å²) in [4.78, 5) is 34.9. The highest BCUT2D eigenvalue weighted by atomic mass is 32.2. The number of ketones is 1. The van der Waals surface area contributed by atoms with Crippen molar-refractivity contribution in [3.8, 4) is 5.75 Å². The number of carbonyl (C=O) groups excluding carboxylic acids is 1. The third-order valence-electron chi connectivity index (χ3n) is 6.07. The van der Waals surface area contributed by atoms with Crippen LogP contribution < -0.4 is 10.3 Å². The van der Waals surface area contributed by atoms with E-state index in [0.29, 0.717) is 17.9 Å². The molecule has 33 heavy (non-hydrogen) atoms. The van der Waals surface area contributed by atoms with E-state index in [0.717, 1.165) is 58.9 Å².